The number of aromatic nitrogens is 2. The standard InChI is InChI=1S/C13H13N3O2/c1-9(10-5-3-2-4-6-10)16-13-14-7-11(8-15-13)12(17)18/h2-9H,1H3,(H,17,18)(H,14,15,16). The summed E-state index contributed by atoms with van der Waals surface area (Å²) in [4.78, 5) is 18.6. The molecule has 0 spiro atoms. The van der Waals surface area contributed by atoms with Crippen molar-refractivity contribution >= 4 is 11.9 Å². The second-order valence-electron chi connectivity index (χ2n) is 3.88. The smallest absolute Gasteiger partial charge is 0.338 e. The third-order valence-corrected chi connectivity index (χ3v) is 2.54. The van der Waals surface area contributed by atoms with E-state index < -0.39 is 5.97 Å². The van der Waals surface area contributed by atoms with Crippen LogP contribution >= 0.6 is 0 Å². The van der Waals surface area contributed by atoms with Gasteiger partial charge in [-0.2, -0.15) is 0 Å². The van der Waals surface area contributed by atoms with E-state index in [0.717, 1.165) is 5.56 Å². The summed E-state index contributed by atoms with van der Waals surface area (Å²) in [6.07, 6.45) is 2.57. The summed E-state index contributed by atoms with van der Waals surface area (Å²) < 4.78 is 0. The molecule has 2 aromatic rings. The lowest BCUT2D eigenvalue weighted by molar-refractivity contribution is 0.0696. The van der Waals surface area contributed by atoms with Crippen LogP contribution < -0.4 is 5.32 Å². The first-order chi connectivity index (χ1) is 8.66. The Hall–Kier alpha value is -2.43. The Kier molecular flexibility index (Phi) is 3.52. The van der Waals surface area contributed by atoms with E-state index in [0.29, 0.717) is 5.95 Å². The number of carboxylic acids is 1. The monoisotopic (exact) mass is 243 g/mol. The van der Waals surface area contributed by atoms with Crippen LogP contribution in [0.1, 0.15) is 28.9 Å². The van der Waals surface area contributed by atoms with E-state index in [9.17, 15) is 4.79 Å². The number of carboxylic acid groups (broad SMARTS) is 1. The Balaban J connectivity index is 2.08. The predicted octanol–water partition coefficient (Wildman–Crippen LogP) is 2.35. The summed E-state index contributed by atoms with van der Waals surface area (Å²) in [6, 6.07) is 9.94. The molecule has 1 unspecified atom stereocenters. The topological polar surface area (TPSA) is 75.1 Å². The van der Waals surface area contributed by atoms with E-state index in [1.54, 1.807) is 0 Å². The quantitative estimate of drug-likeness (QED) is 0.862. The molecule has 0 amide bonds. The number of hydrogen-bond donors (Lipinski definition) is 2. The summed E-state index contributed by atoms with van der Waals surface area (Å²) in [5.74, 6) is -0.617. The molecule has 0 aliphatic carbocycles. The van der Waals surface area contributed by atoms with Gasteiger partial charge in [0.25, 0.3) is 0 Å². The van der Waals surface area contributed by atoms with Gasteiger partial charge in [0.05, 0.1) is 11.6 Å². The molecule has 5 nitrogen and oxygen atoms in total. The Bertz CT molecular complexity index is 526. The minimum Gasteiger partial charge on any atom is -0.478 e. The number of hydrogen-bond acceptors (Lipinski definition) is 4. The number of nitrogens with one attached hydrogen (secondary N) is 1. The van der Waals surface area contributed by atoms with E-state index in [1.807, 2.05) is 37.3 Å². The molecule has 0 aliphatic heterocycles. The van der Waals surface area contributed by atoms with Crippen LogP contribution in [0.5, 0.6) is 0 Å². The molecule has 0 saturated carbocycles. The van der Waals surface area contributed by atoms with Crippen LogP contribution in [-0.4, -0.2) is 21.0 Å². The van der Waals surface area contributed by atoms with E-state index in [-0.39, 0.29) is 11.6 Å². The molecule has 5 heteroatoms. The molecule has 1 atom stereocenters. The molecular weight excluding hydrogens is 230 g/mol. The van der Waals surface area contributed by atoms with Crippen LogP contribution in [0, 0.1) is 0 Å². The van der Waals surface area contributed by atoms with E-state index in [4.69, 9.17) is 5.11 Å². The van der Waals surface area contributed by atoms with Crippen molar-refractivity contribution in [1.82, 2.24) is 9.97 Å². The lowest BCUT2D eigenvalue weighted by Gasteiger charge is -2.13. The number of anilines is 1. The fraction of sp³-hybridized carbons (Fsp3) is 0.154. The van der Waals surface area contributed by atoms with E-state index in [2.05, 4.69) is 15.3 Å². The van der Waals surface area contributed by atoms with Crippen LogP contribution in [0.15, 0.2) is 42.7 Å². The molecule has 1 heterocycles. The summed E-state index contributed by atoms with van der Waals surface area (Å²) in [6.45, 7) is 1.99. The lowest BCUT2D eigenvalue weighted by Crippen LogP contribution is -2.10. The number of benzene rings is 1. The van der Waals surface area contributed by atoms with E-state index in [1.165, 1.54) is 12.4 Å². The van der Waals surface area contributed by atoms with Gasteiger partial charge in [0.15, 0.2) is 0 Å². The lowest BCUT2D eigenvalue weighted by atomic mass is 10.1. The maximum atomic E-state index is 10.7. The van der Waals surface area contributed by atoms with Gasteiger partial charge in [-0.3, -0.25) is 0 Å². The molecule has 2 N–H and O–H groups in total. The van der Waals surface area contributed by atoms with Gasteiger partial charge >= 0.3 is 5.97 Å². The normalized spacial score (nSPS) is 11.8. The maximum Gasteiger partial charge on any atom is 0.338 e. The molecule has 0 radical (unpaired) electrons. The van der Waals surface area contributed by atoms with Gasteiger partial charge in [-0.15, -0.1) is 0 Å². The van der Waals surface area contributed by atoms with Crippen LogP contribution in [0.25, 0.3) is 0 Å². The molecule has 0 bridgehead atoms. The Morgan fingerprint density at radius 1 is 1.22 bits per heavy atom. The fourth-order valence-corrected chi connectivity index (χ4v) is 1.53. The van der Waals surface area contributed by atoms with Gasteiger partial charge in [0.1, 0.15) is 0 Å². The first kappa shape index (κ1) is 12.0. The van der Waals surface area contributed by atoms with Crippen molar-refractivity contribution in [2.24, 2.45) is 0 Å². The average Bonchev–Trinajstić information content (AvgIpc) is 2.40. The summed E-state index contributed by atoms with van der Waals surface area (Å²) in [5, 5.41) is 11.8. The van der Waals surface area contributed by atoms with E-state index >= 15 is 0 Å². The molecule has 0 fully saturated rings. The average molecular weight is 243 g/mol. The van der Waals surface area contributed by atoms with Crippen molar-refractivity contribution in [3.63, 3.8) is 0 Å². The van der Waals surface area contributed by atoms with Crippen molar-refractivity contribution in [3.8, 4) is 0 Å². The van der Waals surface area contributed by atoms with Crippen molar-refractivity contribution in [2.75, 3.05) is 5.32 Å². The minimum atomic E-state index is -1.03. The molecule has 18 heavy (non-hydrogen) atoms. The number of aromatic carboxylic acids is 1. The first-order valence-corrected chi connectivity index (χ1v) is 5.53. The molecule has 0 saturated heterocycles. The van der Waals surface area contributed by atoms with Crippen molar-refractivity contribution in [2.45, 2.75) is 13.0 Å². The van der Waals surface area contributed by atoms with Gasteiger partial charge in [-0.05, 0) is 12.5 Å². The molecule has 92 valence electrons. The summed E-state index contributed by atoms with van der Waals surface area (Å²) >= 11 is 0. The van der Waals surface area contributed by atoms with Crippen molar-refractivity contribution < 1.29 is 9.90 Å². The van der Waals surface area contributed by atoms with Gasteiger partial charge in [0.2, 0.25) is 5.95 Å². The highest BCUT2D eigenvalue weighted by atomic mass is 16.4. The molecule has 1 aromatic carbocycles. The van der Waals surface area contributed by atoms with Crippen LogP contribution in [0.3, 0.4) is 0 Å². The van der Waals surface area contributed by atoms with Gasteiger partial charge in [0, 0.05) is 12.4 Å². The number of carbonyl (C=O) groups is 1. The third kappa shape index (κ3) is 2.82. The molecule has 2 rings (SSSR count). The second-order valence-corrected chi connectivity index (χ2v) is 3.88. The number of rotatable bonds is 4. The third-order valence-electron chi connectivity index (χ3n) is 2.54. The Morgan fingerprint density at radius 3 is 2.39 bits per heavy atom. The first-order valence-electron chi connectivity index (χ1n) is 5.53. The Labute approximate surface area is 105 Å². The highest BCUT2D eigenvalue weighted by Crippen LogP contribution is 2.15. The van der Waals surface area contributed by atoms with Gasteiger partial charge in [-0.1, -0.05) is 30.3 Å². The largest absolute Gasteiger partial charge is 0.478 e. The molecule has 1 aromatic heterocycles. The highest BCUT2D eigenvalue weighted by molar-refractivity contribution is 5.86. The zero-order valence-electron chi connectivity index (χ0n) is 9.87. The number of nitrogens with zero attached hydrogens (tertiary/aromatic N) is 2. The second kappa shape index (κ2) is 5.27. The predicted molar refractivity (Wildman–Crippen MR) is 67.5 cm³/mol. The fourth-order valence-electron chi connectivity index (χ4n) is 1.53. The molecule has 0 aliphatic rings. The molecular formula is C13H13N3O2. The summed E-state index contributed by atoms with van der Waals surface area (Å²) in [5.41, 5.74) is 1.19. The van der Waals surface area contributed by atoms with Gasteiger partial charge < -0.3 is 10.4 Å². The van der Waals surface area contributed by atoms with Crippen LogP contribution in [0.4, 0.5) is 5.95 Å². The van der Waals surface area contributed by atoms with Crippen molar-refractivity contribution in [3.05, 3.63) is 53.9 Å². The SMILES string of the molecule is CC(Nc1ncc(C(=O)O)cn1)c1ccccc1. The Morgan fingerprint density at radius 2 is 1.83 bits per heavy atom. The van der Waals surface area contributed by atoms with Crippen LogP contribution in [-0.2, 0) is 0 Å². The van der Waals surface area contributed by atoms with Gasteiger partial charge in [-0.25, -0.2) is 14.8 Å². The highest BCUT2D eigenvalue weighted by Gasteiger charge is 2.08. The maximum absolute atomic E-state index is 10.7. The zero-order valence-corrected chi connectivity index (χ0v) is 9.87. The summed E-state index contributed by atoms with van der Waals surface area (Å²) in [7, 11) is 0. The van der Waals surface area contributed by atoms with Crippen LogP contribution in [0.2, 0.25) is 0 Å². The zero-order chi connectivity index (χ0) is 13.0. The minimum absolute atomic E-state index is 0.0573. The van der Waals surface area contributed by atoms with Crippen molar-refractivity contribution in [1.29, 1.82) is 0 Å².